The van der Waals surface area contributed by atoms with Crippen LogP contribution in [0.1, 0.15) is 16.9 Å². The van der Waals surface area contributed by atoms with Gasteiger partial charge in [0.15, 0.2) is 0 Å². The molecule has 1 aliphatic rings. The molecule has 1 aromatic heterocycles. The summed E-state index contributed by atoms with van der Waals surface area (Å²) in [7, 11) is 0. The Balaban J connectivity index is 1.97. The first-order valence-corrected chi connectivity index (χ1v) is 6.20. The summed E-state index contributed by atoms with van der Waals surface area (Å²) in [6, 6.07) is 4.80. The quantitative estimate of drug-likeness (QED) is 0.656. The first-order chi connectivity index (χ1) is 8.56. The Morgan fingerprint density at radius 2 is 2.17 bits per heavy atom. The number of hydrogen-bond acceptors (Lipinski definition) is 3. The number of nitrogens with one attached hydrogen (secondary N) is 1. The number of nitrogens with zero attached hydrogens (tertiary/aromatic N) is 1. The highest BCUT2D eigenvalue weighted by Crippen LogP contribution is 2.18. The van der Waals surface area contributed by atoms with Crippen molar-refractivity contribution in [1.82, 2.24) is 10.3 Å². The Hall–Kier alpha value is -1.69. The lowest BCUT2D eigenvalue weighted by molar-refractivity contribution is -0.140. The molecular weight excluding hydrogens is 300 g/mol. The Morgan fingerprint density at radius 1 is 1.39 bits per heavy atom. The zero-order chi connectivity index (χ0) is 13.1. The van der Waals surface area contributed by atoms with E-state index in [1.807, 2.05) is 0 Å². The Morgan fingerprint density at radius 3 is 2.78 bits per heavy atom. The SMILES string of the molecule is O=C(NC1C=CC(C(=O)O)C1)c1cccc(Br)n1. The van der Waals surface area contributed by atoms with E-state index in [1.165, 1.54) is 0 Å². The molecule has 0 spiro atoms. The number of carboxylic acids is 1. The van der Waals surface area contributed by atoms with Crippen molar-refractivity contribution in [3.8, 4) is 0 Å². The van der Waals surface area contributed by atoms with Gasteiger partial charge in [-0.15, -0.1) is 0 Å². The number of carbonyl (C=O) groups is 2. The first kappa shape index (κ1) is 12.8. The van der Waals surface area contributed by atoms with Crippen LogP contribution in [0.2, 0.25) is 0 Å². The van der Waals surface area contributed by atoms with Crippen LogP contribution in [-0.4, -0.2) is 28.0 Å². The molecule has 2 atom stereocenters. The maximum atomic E-state index is 11.9. The minimum absolute atomic E-state index is 0.251. The zero-order valence-corrected chi connectivity index (χ0v) is 10.9. The normalized spacial score (nSPS) is 21.8. The summed E-state index contributed by atoms with van der Waals surface area (Å²) in [5, 5.41) is 11.6. The van der Waals surface area contributed by atoms with Crippen molar-refractivity contribution in [2.24, 2.45) is 5.92 Å². The molecule has 1 amide bonds. The van der Waals surface area contributed by atoms with Crippen molar-refractivity contribution >= 4 is 27.8 Å². The number of carbonyl (C=O) groups excluding carboxylic acids is 1. The standard InChI is InChI=1S/C12H11BrN2O3/c13-10-3-1-2-9(15-10)11(16)14-8-5-4-7(6-8)12(17)18/h1-5,7-8H,6H2,(H,14,16)(H,17,18). The van der Waals surface area contributed by atoms with Gasteiger partial charge in [0.2, 0.25) is 0 Å². The number of amides is 1. The highest BCUT2D eigenvalue weighted by atomic mass is 79.9. The van der Waals surface area contributed by atoms with Gasteiger partial charge in [-0.25, -0.2) is 4.98 Å². The van der Waals surface area contributed by atoms with Crippen LogP contribution in [0.25, 0.3) is 0 Å². The van der Waals surface area contributed by atoms with Crippen molar-refractivity contribution in [2.45, 2.75) is 12.5 Å². The van der Waals surface area contributed by atoms with E-state index in [2.05, 4.69) is 26.2 Å². The van der Waals surface area contributed by atoms with Gasteiger partial charge in [-0.3, -0.25) is 9.59 Å². The molecule has 0 saturated heterocycles. The lowest BCUT2D eigenvalue weighted by Gasteiger charge is -2.11. The summed E-state index contributed by atoms with van der Waals surface area (Å²) in [4.78, 5) is 26.7. The van der Waals surface area contributed by atoms with Gasteiger partial charge in [-0.2, -0.15) is 0 Å². The summed E-state index contributed by atoms with van der Waals surface area (Å²) in [6.07, 6.45) is 3.69. The second-order valence-electron chi connectivity index (χ2n) is 3.99. The molecule has 2 rings (SSSR count). The molecule has 94 valence electrons. The fraction of sp³-hybridized carbons (Fsp3) is 0.250. The molecule has 5 nitrogen and oxygen atoms in total. The molecule has 1 heterocycles. The lowest BCUT2D eigenvalue weighted by Crippen LogP contribution is -2.33. The van der Waals surface area contributed by atoms with E-state index in [0.717, 1.165) is 0 Å². The monoisotopic (exact) mass is 310 g/mol. The number of carboxylic acid groups (broad SMARTS) is 1. The van der Waals surface area contributed by atoms with Crippen LogP contribution in [0.4, 0.5) is 0 Å². The van der Waals surface area contributed by atoms with E-state index in [-0.39, 0.29) is 11.9 Å². The average molecular weight is 311 g/mol. The number of aliphatic carboxylic acids is 1. The van der Waals surface area contributed by atoms with Crippen LogP contribution in [0.15, 0.2) is 35.0 Å². The van der Waals surface area contributed by atoms with Gasteiger partial charge in [0.1, 0.15) is 10.3 Å². The third-order valence-electron chi connectivity index (χ3n) is 2.67. The predicted octanol–water partition coefficient (Wildman–Crippen LogP) is 1.60. The molecule has 0 fully saturated rings. The highest BCUT2D eigenvalue weighted by Gasteiger charge is 2.25. The highest BCUT2D eigenvalue weighted by molar-refractivity contribution is 9.10. The van der Waals surface area contributed by atoms with Crippen LogP contribution in [0.3, 0.4) is 0 Å². The first-order valence-electron chi connectivity index (χ1n) is 5.41. The number of rotatable bonds is 3. The smallest absolute Gasteiger partial charge is 0.310 e. The molecule has 0 radical (unpaired) electrons. The predicted molar refractivity (Wildman–Crippen MR) is 68.1 cm³/mol. The summed E-state index contributed by atoms with van der Waals surface area (Å²) < 4.78 is 0.584. The van der Waals surface area contributed by atoms with E-state index in [0.29, 0.717) is 16.7 Å². The van der Waals surface area contributed by atoms with E-state index in [1.54, 1.807) is 30.4 Å². The molecule has 0 aromatic carbocycles. The summed E-state index contributed by atoms with van der Waals surface area (Å²) in [5.74, 6) is -1.70. The Kier molecular flexibility index (Phi) is 3.76. The number of halogens is 1. The van der Waals surface area contributed by atoms with Gasteiger partial charge in [0, 0.05) is 6.04 Å². The van der Waals surface area contributed by atoms with Crippen LogP contribution in [0, 0.1) is 5.92 Å². The molecule has 0 saturated carbocycles. The van der Waals surface area contributed by atoms with Crippen LogP contribution >= 0.6 is 15.9 Å². The number of aromatic nitrogens is 1. The summed E-state index contributed by atoms with van der Waals surface area (Å²) >= 11 is 3.19. The maximum Gasteiger partial charge on any atom is 0.310 e. The topological polar surface area (TPSA) is 79.3 Å². The minimum Gasteiger partial charge on any atom is -0.481 e. The maximum absolute atomic E-state index is 11.9. The van der Waals surface area contributed by atoms with Crippen molar-refractivity contribution in [3.63, 3.8) is 0 Å². The molecule has 0 bridgehead atoms. The molecular formula is C12H11BrN2O3. The molecule has 1 aliphatic carbocycles. The van der Waals surface area contributed by atoms with Crippen LogP contribution < -0.4 is 5.32 Å². The zero-order valence-electron chi connectivity index (χ0n) is 9.34. The molecule has 18 heavy (non-hydrogen) atoms. The second-order valence-corrected chi connectivity index (χ2v) is 4.80. The Labute approximate surface area is 112 Å². The van der Waals surface area contributed by atoms with Crippen molar-refractivity contribution in [1.29, 1.82) is 0 Å². The van der Waals surface area contributed by atoms with E-state index >= 15 is 0 Å². The van der Waals surface area contributed by atoms with E-state index in [9.17, 15) is 9.59 Å². The molecule has 0 aliphatic heterocycles. The molecule has 6 heteroatoms. The fourth-order valence-corrected chi connectivity index (χ4v) is 2.11. The lowest BCUT2D eigenvalue weighted by atomic mass is 10.1. The number of pyridine rings is 1. The number of hydrogen-bond donors (Lipinski definition) is 2. The third kappa shape index (κ3) is 2.95. The summed E-state index contributed by atoms with van der Waals surface area (Å²) in [5.41, 5.74) is 0.302. The van der Waals surface area contributed by atoms with Gasteiger partial charge >= 0.3 is 5.97 Å². The van der Waals surface area contributed by atoms with E-state index in [4.69, 9.17) is 5.11 Å². The van der Waals surface area contributed by atoms with Gasteiger partial charge < -0.3 is 10.4 Å². The van der Waals surface area contributed by atoms with Crippen LogP contribution in [0.5, 0.6) is 0 Å². The van der Waals surface area contributed by atoms with Crippen LogP contribution in [-0.2, 0) is 4.79 Å². The third-order valence-corrected chi connectivity index (χ3v) is 3.11. The Bertz CT molecular complexity index is 516. The fourth-order valence-electron chi connectivity index (χ4n) is 1.77. The largest absolute Gasteiger partial charge is 0.481 e. The second kappa shape index (κ2) is 5.30. The van der Waals surface area contributed by atoms with Gasteiger partial charge in [-0.1, -0.05) is 18.2 Å². The summed E-state index contributed by atoms with van der Waals surface area (Å²) in [6.45, 7) is 0. The van der Waals surface area contributed by atoms with Gasteiger partial charge in [0.05, 0.1) is 5.92 Å². The van der Waals surface area contributed by atoms with Crippen molar-refractivity contribution in [3.05, 3.63) is 40.6 Å². The molecule has 2 unspecified atom stereocenters. The minimum atomic E-state index is -0.872. The average Bonchev–Trinajstić information content (AvgIpc) is 2.77. The molecule has 2 N–H and O–H groups in total. The van der Waals surface area contributed by atoms with Gasteiger partial charge in [0.25, 0.3) is 5.91 Å². The van der Waals surface area contributed by atoms with E-state index < -0.39 is 11.9 Å². The van der Waals surface area contributed by atoms with Gasteiger partial charge in [-0.05, 0) is 34.5 Å². The molecule has 1 aromatic rings. The van der Waals surface area contributed by atoms with Crippen molar-refractivity contribution < 1.29 is 14.7 Å². The van der Waals surface area contributed by atoms with Crippen molar-refractivity contribution in [2.75, 3.05) is 0 Å².